The van der Waals surface area contributed by atoms with Gasteiger partial charge in [0, 0.05) is 19.6 Å². The molecule has 30 heavy (non-hydrogen) atoms. The van der Waals surface area contributed by atoms with Gasteiger partial charge < -0.3 is 10.2 Å². The first-order valence-electron chi connectivity index (χ1n) is 9.83. The zero-order valence-electron chi connectivity index (χ0n) is 17.3. The summed E-state index contributed by atoms with van der Waals surface area (Å²) in [6.45, 7) is 5.07. The van der Waals surface area contributed by atoms with Gasteiger partial charge in [-0.15, -0.1) is 24.0 Å². The number of halogens is 1. The predicted molar refractivity (Wildman–Crippen MR) is 134 cm³/mol. The number of nitrogens with zero attached hydrogens (tertiary/aromatic N) is 2. The van der Waals surface area contributed by atoms with Crippen molar-refractivity contribution >= 4 is 45.5 Å². The van der Waals surface area contributed by atoms with Crippen LogP contribution >= 0.6 is 24.0 Å². The highest BCUT2D eigenvalue weighted by atomic mass is 127. The Kier molecular flexibility index (Phi) is 9.32. The minimum atomic E-state index is -3.41. The Morgan fingerprint density at radius 2 is 1.80 bits per heavy atom. The molecule has 0 radical (unpaired) electrons. The molecular formula is C22H29IN4O2S. The van der Waals surface area contributed by atoms with Crippen molar-refractivity contribution in [3.05, 3.63) is 71.8 Å². The second kappa shape index (κ2) is 11.5. The van der Waals surface area contributed by atoms with E-state index in [-0.39, 0.29) is 28.9 Å². The van der Waals surface area contributed by atoms with Crippen molar-refractivity contribution in [1.82, 2.24) is 14.9 Å². The molecule has 0 amide bonds. The third-order valence-electron chi connectivity index (χ3n) is 4.90. The number of nitrogens with one attached hydrogen (secondary N) is 2. The van der Waals surface area contributed by atoms with E-state index < -0.39 is 10.0 Å². The van der Waals surface area contributed by atoms with E-state index in [2.05, 4.69) is 52.2 Å². The molecule has 0 unspecified atom stereocenters. The quantitative estimate of drug-likeness (QED) is 0.335. The summed E-state index contributed by atoms with van der Waals surface area (Å²) in [4.78, 5) is 7.26. The standard InChI is InChI=1S/C22H28N4O2S.HI/c1-3-24-22(25-17-18-9-11-21(12-10-18)29(27,28)23-2)26-15-13-20(14-16-26)19-7-5-4-6-8-19;/h4-13,23H,3,14-17H2,1-2H3,(H,24,25);1H. The van der Waals surface area contributed by atoms with Crippen LogP contribution in [-0.4, -0.2) is 46.0 Å². The van der Waals surface area contributed by atoms with Crippen LogP contribution in [0.1, 0.15) is 24.5 Å². The molecule has 0 fully saturated rings. The second-order valence-corrected chi connectivity index (χ2v) is 8.70. The fourth-order valence-corrected chi connectivity index (χ4v) is 3.99. The predicted octanol–water partition coefficient (Wildman–Crippen LogP) is 3.47. The second-order valence-electron chi connectivity index (χ2n) is 6.81. The Morgan fingerprint density at radius 1 is 1.10 bits per heavy atom. The Labute approximate surface area is 196 Å². The van der Waals surface area contributed by atoms with Crippen LogP contribution in [0.25, 0.3) is 5.57 Å². The van der Waals surface area contributed by atoms with Gasteiger partial charge in [-0.05, 0) is 49.2 Å². The molecule has 1 aliphatic rings. The van der Waals surface area contributed by atoms with Gasteiger partial charge in [0.25, 0.3) is 0 Å². The average Bonchev–Trinajstić information content (AvgIpc) is 2.77. The maximum Gasteiger partial charge on any atom is 0.240 e. The number of hydrogen-bond donors (Lipinski definition) is 2. The summed E-state index contributed by atoms with van der Waals surface area (Å²) in [7, 11) is -2.00. The molecule has 2 aromatic carbocycles. The van der Waals surface area contributed by atoms with E-state index in [1.807, 2.05) is 6.07 Å². The number of sulfonamides is 1. The van der Waals surface area contributed by atoms with Crippen LogP contribution in [0.4, 0.5) is 0 Å². The lowest BCUT2D eigenvalue weighted by Crippen LogP contribution is -2.43. The van der Waals surface area contributed by atoms with E-state index in [0.29, 0.717) is 6.54 Å². The van der Waals surface area contributed by atoms with Crippen LogP contribution in [0.5, 0.6) is 0 Å². The van der Waals surface area contributed by atoms with E-state index in [4.69, 9.17) is 4.99 Å². The lowest BCUT2D eigenvalue weighted by atomic mass is 10.00. The molecule has 0 aromatic heterocycles. The molecular weight excluding hydrogens is 511 g/mol. The summed E-state index contributed by atoms with van der Waals surface area (Å²) in [6, 6.07) is 17.3. The molecule has 2 aromatic rings. The minimum absolute atomic E-state index is 0. The normalized spacial score (nSPS) is 14.7. The molecule has 6 nitrogen and oxygen atoms in total. The number of rotatable bonds is 6. The molecule has 0 spiro atoms. The van der Waals surface area contributed by atoms with Crippen LogP contribution < -0.4 is 10.0 Å². The Bertz CT molecular complexity index is 974. The van der Waals surface area contributed by atoms with Gasteiger partial charge in [0.2, 0.25) is 10.0 Å². The Hall–Kier alpha value is -1.91. The molecule has 1 heterocycles. The zero-order chi connectivity index (χ0) is 20.7. The van der Waals surface area contributed by atoms with Crippen LogP contribution in [0.2, 0.25) is 0 Å². The molecule has 0 bridgehead atoms. The maximum absolute atomic E-state index is 11.8. The van der Waals surface area contributed by atoms with E-state index in [1.54, 1.807) is 24.3 Å². The van der Waals surface area contributed by atoms with Crippen molar-refractivity contribution in [3.63, 3.8) is 0 Å². The highest BCUT2D eigenvalue weighted by Gasteiger charge is 2.16. The van der Waals surface area contributed by atoms with Crippen molar-refractivity contribution in [2.45, 2.75) is 24.8 Å². The van der Waals surface area contributed by atoms with E-state index in [9.17, 15) is 8.42 Å². The lowest BCUT2D eigenvalue weighted by Gasteiger charge is -2.30. The van der Waals surface area contributed by atoms with Crippen LogP contribution in [0.15, 0.2) is 70.6 Å². The molecule has 0 aliphatic carbocycles. The van der Waals surface area contributed by atoms with Gasteiger partial charge in [0.15, 0.2) is 5.96 Å². The number of aliphatic imine (C=N–C) groups is 1. The minimum Gasteiger partial charge on any atom is -0.356 e. The summed E-state index contributed by atoms with van der Waals surface area (Å²) in [6.07, 6.45) is 3.24. The first-order chi connectivity index (χ1) is 14.0. The highest BCUT2D eigenvalue weighted by Crippen LogP contribution is 2.22. The van der Waals surface area contributed by atoms with Crippen molar-refractivity contribution in [1.29, 1.82) is 0 Å². The molecule has 0 saturated heterocycles. The molecule has 2 N–H and O–H groups in total. The van der Waals surface area contributed by atoms with E-state index >= 15 is 0 Å². The van der Waals surface area contributed by atoms with Gasteiger partial charge in [-0.1, -0.05) is 48.5 Å². The van der Waals surface area contributed by atoms with Gasteiger partial charge in [-0.25, -0.2) is 18.1 Å². The molecule has 162 valence electrons. The first-order valence-corrected chi connectivity index (χ1v) is 11.3. The van der Waals surface area contributed by atoms with Gasteiger partial charge in [0.1, 0.15) is 0 Å². The topological polar surface area (TPSA) is 73.8 Å². The van der Waals surface area contributed by atoms with Crippen LogP contribution in [-0.2, 0) is 16.6 Å². The van der Waals surface area contributed by atoms with Crippen molar-refractivity contribution < 1.29 is 8.42 Å². The lowest BCUT2D eigenvalue weighted by molar-refractivity contribution is 0.440. The van der Waals surface area contributed by atoms with Gasteiger partial charge in [-0.3, -0.25) is 0 Å². The Balaban J connectivity index is 0.00000320. The molecule has 0 saturated carbocycles. The molecule has 8 heteroatoms. The molecule has 3 rings (SSSR count). The van der Waals surface area contributed by atoms with Gasteiger partial charge in [0.05, 0.1) is 11.4 Å². The fourth-order valence-electron chi connectivity index (χ4n) is 3.26. The van der Waals surface area contributed by atoms with Crippen molar-refractivity contribution in [2.24, 2.45) is 4.99 Å². The third kappa shape index (κ3) is 6.29. The van der Waals surface area contributed by atoms with E-state index in [0.717, 1.165) is 37.6 Å². The maximum atomic E-state index is 11.8. The van der Waals surface area contributed by atoms with Crippen LogP contribution in [0.3, 0.4) is 0 Å². The van der Waals surface area contributed by atoms with Gasteiger partial charge in [-0.2, -0.15) is 0 Å². The molecule has 0 atom stereocenters. The monoisotopic (exact) mass is 540 g/mol. The van der Waals surface area contributed by atoms with Crippen molar-refractivity contribution in [2.75, 3.05) is 26.7 Å². The average molecular weight is 540 g/mol. The summed E-state index contributed by atoms with van der Waals surface area (Å²) in [5.74, 6) is 0.878. The number of guanidine groups is 1. The fraction of sp³-hybridized carbons (Fsp3) is 0.318. The number of hydrogen-bond acceptors (Lipinski definition) is 3. The highest BCUT2D eigenvalue weighted by molar-refractivity contribution is 14.0. The van der Waals surface area contributed by atoms with Crippen molar-refractivity contribution in [3.8, 4) is 0 Å². The first kappa shape index (κ1) is 24.4. The molecule has 1 aliphatic heterocycles. The third-order valence-corrected chi connectivity index (χ3v) is 6.33. The van der Waals surface area contributed by atoms with Gasteiger partial charge >= 0.3 is 0 Å². The SMILES string of the molecule is CCNC(=NCc1ccc(S(=O)(=O)NC)cc1)N1CC=C(c2ccccc2)CC1.I. The smallest absolute Gasteiger partial charge is 0.240 e. The van der Waals surface area contributed by atoms with Crippen LogP contribution in [0, 0.1) is 0 Å². The van der Waals surface area contributed by atoms with E-state index in [1.165, 1.54) is 18.2 Å². The summed E-state index contributed by atoms with van der Waals surface area (Å²) < 4.78 is 26.0. The largest absolute Gasteiger partial charge is 0.356 e. The Morgan fingerprint density at radius 3 is 2.37 bits per heavy atom. The number of benzene rings is 2. The summed E-state index contributed by atoms with van der Waals surface area (Å²) >= 11 is 0. The summed E-state index contributed by atoms with van der Waals surface area (Å²) in [5, 5.41) is 3.36. The zero-order valence-corrected chi connectivity index (χ0v) is 20.5. The summed E-state index contributed by atoms with van der Waals surface area (Å²) in [5.41, 5.74) is 3.62.